The van der Waals surface area contributed by atoms with Crippen LogP contribution >= 0.6 is 0 Å². The molecular formula is C15H24N2OS. The molecule has 1 aromatic rings. The van der Waals surface area contributed by atoms with Crippen molar-refractivity contribution >= 4 is 9.73 Å². The molecule has 0 saturated carbocycles. The Balaban J connectivity index is 2.42. The van der Waals surface area contributed by atoms with Gasteiger partial charge in [-0.1, -0.05) is 38.1 Å². The lowest BCUT2D eigenvalue weighted by Crippen LogP contribution is -2.40. The van der Waals surface area contributed by atoms with Crippen molar-refractivity contribution in [1.29, 1.82) is 0 Å². The van der Waals surface area contributed by atoms with Gasteiger partial charge in [0.2, 0.25) is 0 Å². The zero-order chi connectivity index (χ0) is 14.0. The fourth-order valence-electron chi connectivity index (χ4n) is 2.73. The normalized spacial score (nSPS) is 28.6. The first-order chi connectivity index (χ1) is 8.97. The molecule has 1 aromatic carbocycles. The van der Waals surface area contributed by atoms with Crippen LogP contribution in [-0.2, 0) is 9.73 Å². The molecule has 0 aromatic heterocycles. The van der Waals surface area contributed by atoms with Crippen LogP contribution < -0.4 is 0 Å². The molecule has 0 spiro atoms. The summed E-state index contributed by atoms with van der Waals surface area (Å²) in [5, 5.41) is 0. The van der Waals surface area contributed by atoms with Crippen LogP contribution in [0.15, 0.2) is 28.6 Å². The summed E-state index contributed by atoms with van der Waals surface area (Å²) >= 11 is 0. The van der Waals surface area contributed by atoms with Crippen LogP contribution in [0.2, 0.25) is 0 Å². The zero-order valence-corrected chi connectivity index (χ0v) is 13.1. The van der Waals surface area contributed by atoms with Crippen molar-refractivity contribution in [1.82, 2.24) is 4.90 Å². The molecule has 1 aliphatic heterocycles. The third-order valence-corrected chi connectivity index (χ3v) is 6.35. The molecular weight excluding hydrogens is 256 g/mol. The van der Waals surface area contributed by atoms with Crippen LogP contribution in [0, 0.1) is 0 Å². The average molecular weight is 280 g/mol. The predicted octanol–water partition coefficient (Wildman–Crippen LogP) is 2.89. The molecule has 1 fully saturated rings. The molecule has 1 heterocycles. The average Bonchev–Trinajstić information content (AvgIpc) is 2.42. The predicted molar refractivity (Wildman–Crippen MR) is 82.1 cm³/mol. The smallest absolute Gasteiger partial charge is 0.0515 e. The summed E-state index contributed by atoms with van der Waals surface area (Å²) in [5.41, 5.74) is 2.68. The minimum absolute atomic E-state index is 0.226. The highest BCUT2D eigenvalue weighted by Gasteiger charge is 2.30. The highest BCUT2D eigenvalue weighted by Crippen LogP contribution is 2.31. The van der Waals surface area contributed by atoms with Crippen LogP contribution in [0.4, 0.5) is 0 Å². The van der Waals surface area contributed by atoms with E-state index < -0.39 is 9.73 Å². The summed E-state index contributed by atoms with van der Waals surface area (Å²) in [6.45, 7) is 5.28. The van der Waals surface area contributed by atoms with Crippen molar-refractivity contribution < 1.29 is 4.21 Å². The first kappa shape index (κ1) is 14.5. The third kappa shape index (κ3) is 3.00. The van der Waals surface area contributed by atoms with Gasteiger partial charge in [0.15, 0.2) is 0 Å². The van der Waals surface area contributed by atoms with Gasteiger partial charge in [0, 0.05) is 35.1 Å². The Morgan fingerprint density at radius 3 is 2.68 bits per heavy atom. The van der Waals surface area contributed by atoms with Crippen LogP contribution in [0.1, 0.15) is 36.9 Å². The molecule has 0 amide bonds. The van der Waals surface area contributed by atoms with Gasteiger partial charge in [-0.3, -0.25) is 4.90 Å². The Labute approximate surface area is 117 Å². The Hall–Kier alpha value is -0.870. The Morgan fingerprint density at radius 2 is 2.05 bits per heavy atom. The molecule has 0 bridgehead atoms. The quantitative estimate of drug-likeness (QED) is 0.834. The molecule has 1 saturated heterocycles. The summed E-state index contributed by atoms with van der Waals surface area (Å²) in [6, 6.07) is 8.76. The van der Waals surface area contributed by atoms with Gasteiger partial charge in [-0.25, -0.2) is 8.57 Å². The van der Waals surface area contributed by atoms with Crippen LogP contribution in [0.25, 0.3) is 0 Å². The summed E-state index contributed by atoms with van der Waals surface area (Å²) in [5.74, 6) is 1.84. The molecule has 3 nitrogen and oxygen atoms in total. The zero-order valence-electron chi connectivity index (χ0n) is 12.3. The molecule has 2 unspecified atom stereocenters. The molecule has 1 aliphatic rings. The first-order valence-electron chi connectivity index (χ1n) is 6.86. The second-order valence-corrected chi connectivity index (χ2v) is 8.26. The summed E-state index contributed by atoms with van der Waals surface area (Å²) < 4.78 is 16.8. The van der Waals surface area contributed by atoms with E-state index in [0.29, 0.717) is 17.4 Å². The van der Waals surface area contributed by atoms with E-state index in [1.54, 1.807) is 7.05 Å². The SMILES string of the molecule is CN=S1(=O)CCN(C)C(c2ccccc2C(C)C)C1. The minimum Gasteiger partial charge on any atom is -0.297 e. The topological polar surface area (TPSA) is 32.7 Å². The van der Waals surface area contributed by atoms with E-state index in [9.17, 15) is 4.21 Å². The lowest BCUT2D eigenvalue weighted by Gasteiger charge is -2.35. The number of benzene rings is 1. The highest BCUT2D eigenvalue weighted by molar-refractivity contribution is 7.93. The van der Waals surface area contributed by atoms with Gasteiger partial charge >= 0.3 is 0 Å². The van der Waals surface area contributed by atoms with E-state index in [1.807, 2.05) is 0 Å². The minimum atomic E-state index is -2.02. The molecule has 4 heteroatoms. The number of hydrogen-bond acceptors (Lipinski definition) is 3. The molecule has 19 heavy (non-hydrogen) atoms. The maximum Gasteiger partial charge on any atom is 0.0515 e. The summed E-state index contributed by atoms with van der Waals surface area (Å²) in [6.07, 6.45) is 0. The van der Waals surface area contributed by atoms with Gasteiger partial charge in [-0.2, -0.15) is 0 Å². The van der Waals surface area contributed by atoms with E-state index in [2.05, 4.69) is 54.4 Å². The Bertz CT molecular complexity index is 559. The van der Waals surface area contributed by atoms with E-state index in [0.717, 1.165) is 6.54 Å². The molecule has 2 atom stereocenters. The van der Waals surface area contributed by atoms with Gasteiger partial charge < -0.3 is 0 Å². The molecule has 0 N–H and O–H groups in total. The number of nitrogens with zero attached hydrogens (tertiary/aromatic N) is 2. The summed E-state index contributed by atoms with van der Waals surface area (Å²) in [4.78, 5) is 2.32. The Morgan fingerprint density at radius 1 is 1.37 bits per heavy atom. The fourth-order valence-corrected chi connectivity index (χ4v) is 4.73. The summed E-state index contributed by atoms with van der Waals surface area (Å²) in [7, 11) is 1.80. The number of hydrogen-bond donors (Lipinski definition) is 0. The maximum atomic E-state index is 12.6. The second kappa shape index (κ2) is 5.63. The largest absolute Gasteiger partial charge is 0.297 e. The first-order valence-corrected chi connectivity index (χ1v) is 8.72. The third-order valence-electron chi connectivity index (χ3n) is 4.02. The van der Waals surface area contributed by atoms with Crippen molar-refractivity contribution in [2.45, 2.75) is 25.8 Å². The lowest BCUT2D eigenvalue weighted by molar-refractivity contribution is 0.268. The lowest BCUT2D eigenvalue weighted by atomic mass is 9.93. The van der Waals surface area contributed by atoms with Crippen molar-refractivity contribution in [3.8, 4) is 0 Å². The monoisotopic (exact) mass is 280 g/mol. The van der Waals surface area contributed by atoms with Crippen LogP contribution in [-0.4, -0.2) is 41.3 Å². The van der Waals surface area contributed by atoms with Gasteiger partial charge in [0.1, 0.15) is 0 Å². The molecule has 2 rings (SSSR count). The van der Waals surface area contributed by atoms with E-state index >= 15 is 0 Å². The maximum absolute atomic E-state index is 12.6. The van der Waals surface area contributed by atoms with E-state index in [1.165, 1.54) is 11.1 Å². The van der Waals surface area contributed by atoms with E-state index in [4.69, 9.17) is 0 Å². The Kier molecular flexibility index (Phi) is 4.31. The van der Waals surface area contributed by atoms with Gasteiger partial charge in [0.25, 0.3) is 0 Å². The van der Waals surface area contributed by atoms with Crippen LogP contribution in [0.3, 0.4) is 0 Å². The van der Waals surface area contributed by atoms with Crippen LogP contribution in [0.5, 0.6) is 0 Å². The standard InChI is InChI=1S/C15H24N2OS/c1-12(2)13-7-5-6-8-14(13)15-11-19(18,16-3)10-9-17(15)4/h5-8,12,15H,9-11H2,1-4H3. The molecule has 0 aliphatic carbocycles. The molecule has 106 valence electrons. The van der Waals surface area contributed by atoms with Gasteiger partial charge in [-0.15, -0.1) is 0 Å². The second-order valence-electron chi connectivity index (χ2n) is 5.61. The van der Waals surface area contributed by atoms with Crippen molar-refractivity contribution in [3.05, 3.63) is 35.4 Å². The van der Waals surface area contributed by atoms with Gasteiger partial charge in [0.05, 0.1) is 5.75 Å². The highest BCUT2D eigenvalue weighted by atomic mass is 32.2. The van der Waals surface area contributed by atoms with Crippen molar-refractivity contribution in [3.63, 3.8) is 0 Å². The molecule has 0 radical (unpaired) electrons. The number of rotatable bonds is 2. The van der Waals surface area contributed by atoms with Gasteiger partial charge in [-0.05, 0) is 24.1 Å². The van der Waals surface area contributed by atoms with Crippen molar-refractivity contribution in [2.24, 2.45) is 4.36 Å². The fraction of sp³-hybridized carbons (Fsp3) is 0.600. The van der Waals surface area contributed by atoms with E-state index in [-0.39, 0.29) is 6.04 Å². The van der Waals surface area contributed by atoms with Crippen molar-refractivity contribution in [2.75, 3.05) is 32.1 Å².